The number of sulfonamides is 1. The van der Waals surface area contributed by atoms with E-state index in [4.69, 9.17) is 4.74 Å². The van der Waals surface area contributed by atoms with Crippen LogP contribution in [0.3, 0.4) is 0 Å². The van der Waals surface area contributed by atoms with Crippen molar-refractivity contribution in [1.29, 1.82) is 5.26 Å². The highest BCUT2D eigenvalue weighted by molar-refractivity contribution is 7.89. The van der Waals surface area contributed by atoms with Gasteiger partial charge in [0.05, 0.1) is 29.2 Å². The minimum absolute atomic E-state index is 0.209. The van der Waals surface area contributed by atoms with Crippen molar-refractivity contribution in [2.45, 2.75) is 38.9 Å². The molecule has 0 radical (unpaired) electrons. The van der Waals surface area contributed by atoms with Gasteiger partial charge in [-0.15, -0.1) is 0 Å². The lowest BCUT2D eigenvalue weighted by molar-refractivity contribution is -0.123. The minimum Gasteiger partial charge on any atom is -0.462 e. The lowest BCUT2D eigenvalue weighted by atomic mass is 9.96. The molecule has 1 aromatic carbocycles. The number of rotatable bonds is 8. The molecule has 1 aliphatic heterocycles. The molecule has 35 heavy (non-hydrogen) atoms. The lowest BCUT2D eigenvalue weighted by Gasteiger charge is -2.33. The van der Waals surface area contributed by atoms with Gasteiger partial charge in [-0.3, -0.25) is 9.52 Å². The standard InChI is InChI=1S/C24H27FN4O5S/c1-3-21-20(24(31)34-4-2)13-18(14-26)22(27-21)29-11-9-17(10-12-29)23(30)28-35(32,33)15-16-5-7-19(25)8-6-16/h5-8,13,17H,3-4,9-12,15H2,1-2H3,(H,28,30). The van der Waals surface area contributed by atoms with E-state index in [2.05, 4.69) is 15.8 Å². The number of nitriles is 1. The van der Waals surface area contributed by atoms with Gasteiger partial charge in [-0.1, -0.05) is 19.1 Å². The average Bonchev–Trinajstić information content (AvgIpc) is 2.84. The fraction of sp³-hybridized carbons (Fsp3) is 0.417. The van der Waals surface area contributed by atoms with Crippen molar-refractivity contribution in [3.63, 3.8) is 0 Å². The zero-order chi connectivity index (χ0) is 25.6. The summed E-state index contributed by atoms with van der Waals surface area (Å²) in [6, 6.07) is 8.60. The predicted octanol–water partition coefficient (Wildman–Crippen LogP) is 2.69. The Bertz CT molecular complexity index is 1230. The van der Waals surface area contributed by atoms with Gasteiger partial charge in [0.2, 0.25) is 15.9 Å². The van der Waals surface area contributed by atoms with Gasteiger partial charge in [0, 0.05) is 19.0 Å². The van der Waals surface area contributed by atoms with Crippen LogP contribution in [0.25, 0.3) is 0 Å². The molecule has 0 saturated carbocycles. The maximum Gasteiger partial charge on any atom is 0.340 e. The summed E-state index contributed by atoms with van der Waals surface area (Å²) in [6.45, 7) is 4.54. The Labute approximate surface area is 204 Å². The van der Waals surface area contributed by atoms with Crippen LogP contribution in [0, 0.1) is 23.1 Å². The number of hydrogen-bond donors (Lipinski definition) is 1. The molecule has 1 fully saturated rings. The maximum absolute atomic E-state index is 13.0. The molecule has 11 heteroatoms. The van der Waals surface area contributed by atoms with E-state index in [9.17, 15) is 27.7 Å². The van der Waals surface area contributed by atoms with Gasteiger partial charge in [0.25, 0.3) is 0 Å². The summed E-state index contributed by atoms with van der Waals surface area (Å²) in [4.78, 5) is 31.3. The number of pyridine rings is 1. The summed E-state index contributed by atoms with van der Waals surface area (Å²) in [5, 5.41) is 9.63. The normalized spacial score (nSPS) is 14.3. The Balaban J connectivity index is 1.67. The predicted molar refractivity (Wildman–Crippen MR) is 126 cm³/mol. The van der Waals surface area contributed by atoms with Gasteiger partial charge < -0.3 is 9.64 Å². The summed E-state index contributed by atoms with van der Waals surface area (Å²) in [7, 11) is -3.93. The average molecular weight is 503 g/mol. The van der Waals surface area contributed by atoms with Gasteiger partial charge >= 0.3 is 5.97 Å². The molecule has 1 aromatic heterocycles. The zero-order valence-corrected chi connectivity index (χ0v) is 20.4. The van der Waals surface area contributed by atoms with Crippen LogP contribution in [0.2, 0.25) is 0 Å². The monoisotopic (exact) mass is 502 g/mol. The molecule has 2 heterocycles. The summed E-state index contributed by atoms with van der Waals surface area (Å²) in [6.07, 6.45) is 1.20. The molecule has 0 spiro atoms. The number of nitrogens with zero attached hydrogens (tertiary/aromatic N) is 3. The molecular weight excluding hydrogens is 475 g/mol. The fourth-order valence-electron chi connectivity index (χ4n) is 3.95. The number of esters is 1. The van der Waals surface area contributed by atoms with E-state index in [-0.39, 0.29) is 17.7 Å². The van der Waals surface area contributed by atoms with Crippen molar-refractivity contribution in [2.24, 2.45) is 5.92 Å². The van der Waals surface area contributed by atoms with Crippen LogP contribution in [-0.2, 0) is 31.7 Å². The molecule has 1 N–H and O–H groups in total. The highest BCUT2D eigenvalue weighted by Gasteiger charge is 2.30. The SMILES string of the molecule is CCOC(=O)c1cc(C#N)c(N2CCC(C(=O)NS(=O)(=O)Cc3ccc(F)cc3)CC2)nc1CC. The second-order valence-electron chi connectivity index (χ2n) is 8.15. The fourth-order valence-corrected chi connectivity index (χ4v) is 5.12. The summed E-state index contributed by atoms with van der Waals surface area (Å²) in [5.41, 5.74) is 1.38. The van der Waals surface area contributed by atoms with Crippen molar-refractivity contribution < 1.29 is 27.1 Å². The molecule has 186 valence electrons. The molecule has 1 aliphatic rings. The summed E-state index contributed by atoms with van der Waals surface area (Å²) < 4.78 is 45.0. The molecule has 9 nitrogen and oxygen atoms in total. The molecule has 2 aromatic rings. The molecule has 0 unspecified atom stereocenters. The van der Waals surface area contributed by atoms with Gasteiger partial charge in [-0.05, 0) is 49.9 Å². The molecule has 0 bridgehead atoms. The Hall–Kier alpha value is -3.52. The van der Waals surface area contributed by atoms with Crippen molar-refractivity contribution in [3.05, 3.63) is 58.5 Å². The number of amides is 1. The number of ether oxygens (including phenoxy) is 1. The van der Waals surface area contributed by atoms with E-state index in [1.54, 1.807) is 6.92 Å². The van der Waals surface area contributed by atoms with Gasteiger partial charge in [-0.2, -0.15) is 5.26 Å². The van der Waals surface area contributed by atoms with Gasteiger partial charge in [0.1, 0.15) is 17.7 Å². The van der Waals surface area contributed by atoms with Crippen LogP contribution in [0.5, 0.6) is 0 Å². The number of hydrogen-bond acceptors (Lipinski definition) is 8. The lowest BCUT2D eigenvalue weighted by Crippen LogP contribution is -2.43. The summed E-state index contributed by atoms with van der Waals surface area (Å²) in [5.74, 6) is -2.12. The van der Waals surface area contributed by atoms with Crippen molar-refractivity contribution in [3.8, 4) is 6.07 Å². The number of aromatic nitrogens is 1. The van der Waals surface area contributed by atoms with Crippen LogP contribution in [0.4, 0.5) is 10.2 Å². The molecular formula is C24H27FN4O5S. The highest BCUT2D eigenvalue weighted by atomic mass is 32.2. The molecule has 1 amide bonds. The number of carbonyl (C=O) groups is 2. The van der Waals surface area contributed by atoms with Crippen LogP contribution >= 0.6 is 0 Å². The van der Waals surface area contributed by atoms with Gasteiger partial charge in [-0.25, -0.2) is 22.6 Å². The Morgan fingerprint density at radius 2 is 1.89 bits per heavy atom. The van der Waals surface area contributed by atoms with Crippen LogP contribution in [0.1, 0.15) is 53.9 Å². The Morgan fingerprint density at radius 3 is 2.46 bits per heavy atom. The topological polar surface area (TPSA) is 129 Å². The third-order valence-corrected chi connectivity index (χ3v) is 6.95. The zero-order valence-electron chi connectivity index (χ0n) is 19.6. The highest BCUT2D eigenvalue weighted by Crippen LogP contribution is 2.27. The third kappa shape index (κ3) is 6.54. The molecule has 0 aliphatic carbocycles. The van der Waals surface area contributed by atoms with Crippen LogP contribution in [-0.4, -0.2) is 45.0 Å². The van der Waals surface area contributed by atoms with E-state index in [1.165, 1.54) is 18.2 Å². The number of aryl methyl sites for hydroxylation is 1. The number of benzene rings is 1. The Morgan fingerprint density at radius 1 is 1.23 bits per heavy atom. The Kier molecular flexibility index (Phi) is 8.40. The van der Waals surface area contributed by atoms with Crippen LogP contribution < -0.4 is 9.62 Å². The van der Waals surface area contributed by atoms with E-state index < -0.39 is 39.4 Å². The third-order valence-electron chi connectivity index (χ3n) is 5.72. The molecule has 0 atom stereocenters. The maximum atomic E-state index is 13.0. The molecule has 1 saturated heterocycles. The smallest absolute Gasteiger partial charge is 0.340 e. The first-order valence-electron chi connectivity index (χ1n) is 11.3. The summed E-state index contributed by atoms with van der Waals surface area (Å²) >= 11 is 0. The van der Waals surface area contributed by atoms with Crippen molar-refractivity contribution in [2.75, 3.05) is 24.6 Å². The minimum atomic E-state index is -3.93. The first kappa shape index (κ1) is 26.1. The van der Waals surface area contributed by atoms with Gasteiger partial charge in [0.15, 0.2) is 0 Å². The van der Waals surface area contributed by atoms with Crippen molar-refractivity contribution >= 4 is 27.7 Å². The number of piperidine rings is 1. The van der Waals surface area contributed by atoms with E-state index in [0.29, 0.717) is 49.4 Å². The quantitative estimate of drug-likeness (QED) is 0.546. The van der Waals surface area contributed by atoms with E-state index in [0.717, 1.165) is 12.1 Å². The largest absolute Gasteiger partial charge is 0.462 e. The first-order chi connectivity index (χ1) is 16.7. The second-order valence-corrected chi connectivity index (χ2v) is 9.88. The first-order valence-corrected chi connectivity index (χ1v) is 13.0. The second kappa shape index (κ2) is 11.3. The molecule has 3 rings (SSSR count). The van der Waals surface area contributed by atoms with E-state index in [1.807, 2.05) is 11.8 Å². The van der Waals surface area contributed by atoms with Crippen LogP contribution in [0.15, 0.2) is 30.3 Å². The van der Waals surface area contributed by atoms with E-state index >= 15 is 0 Å². The number of halogens is 1. The van der Waals surface area contributed by atoms with Crippen molar-refractivity contribution in [1.82, 2.24) is 9.71 Å². The number of nitrogens with one attached hydrogen (secondary N) is 1. The number of carbonyl (C=O) groups excluding carboxylic acids is 2. The number of anilines is 1.